The molecule has 0 bridgehead atoms. The summed E-state index contributed by atoms with van der Waals surface area (Å²) < 4.78 is 18.6. The molecule has 2 rings (SSSR count). The molecule has 1 N–H and O–H groups in total. The fourth-order valence-electron chi connectivity index (χ4n) is 1.59. The van der Waals surface area contributed by atoms with Crippen molar-refractivity contribution in [2.24, 2.45) is 0 Å². The minimum atomic E-state index is -0.717. The molecule has 7 heteroatoms. The van der Waals surface area contributed by atoms with Crippen molar-refractivity contribution < 1.29 is 13.7 Å². The lowest BCUT2D eigenvalue weighted by molar-refractivity contribution is -0.384. The average molecular weight is 285 g/mol. The van der Waals surface area contributed by atoms with Gasteiger partial charge in [-0.1, -0.05) is 11.6 Å². The second-order valence-corrected chi connectivity index (χ2v) is 4.31. The van der Waals surface area contributed by atoms with Gasteiger partial charge in [-0.15, -0.1) is 0 Å². The second kappa shape index (κ2) is 5.27. The zero-order valence-corrected chi connectivity index (χ0v) is 10.7. The molecule has 100 valence electrons. The van der Waals surface area contributed by atoms with Gasteiger partial charge < -0.3 is 9.73 Å². The predicted octanol–water partition coefficient (Wildman–Crippen LogP) is 3.90. The first-order chi connectivity index (χ1) is 8.97. The summed E-state index contributed by atoms with van der Waals surface area (Å²) in [6, 6.07) is 5.48. The number of rotatable bonds is 4. The molecule has 1 heterocycles. The molecule has 0 saturated carbocycles. The van der Waals surface area contributed by atoms with Crippen LogP contribution in [0.3, 0.4) is 0 Å². The minimum absolute atomic E-state index is 0.0564. The van der Waals surface area contributed by atoms with Crippen LogP contribution in [0.2, 0.25) is 5.02 Å². The van der Waals surface area contributed by atoms with Crippen LogP contribution < -0.4 is 5.32 Å². The Bertz CT molecular complexity index is 627. The Morgan fingerprint density at radius 3 is 2.79 bits per heavy atom. The van der Waals surface area contributed by atoms with Gasteiger partial charge in [-0.05, 0) is 19.1 Å². The summed E-state index contributed by atoms with van der Waals surface area (Å²) >= 11 is 5.52. The molecular formula is C12H10ClFN2O3. The van der Waals surface area contributed by atoms with E-state index in [0.717, 1.165) is 17.9 Å². The fourth-order valence-corrected chi connectivity index (χ4v) is 1.75. The quantitative estimate of drug-likeness (QED) is 0.683. The average Bonchev–Trinajstić information content (AvgIpc) is 2.76. The van der Waals surface area contributed by atoms with Crippen molar-refractivity contribution in [3.63, 3.8) is 0 Å². The Balaban J connectivity index is 2.23. The second-order valence-electron chi connectivity index (χ2n) is 3.91. The van der Waals surface area contributed by atoms with Crippen LogP contribution in [0.15, 0.2) is 28.7 Å². The molecule has 0 amide bonds. The van der Waals surface area contributed by atoms with Crippen LogP contribution in [0.5, 0.6) is 0 Å². The summed E-state index contributed by atoms with van der Waals surface area (Å²) in [5.74, 6) is 0.612. The zero-order valence-electron chi connectivity index (χ0n) is 9.94. The third-order valence-corrected chi connectivity index (χ3v) is 2.77. The smallest absolute Gasteiger partial charge is 0.294 e. The van der Waals surface area contributed by atoms with Gasteiger partial charge in [-0.25, -0.2) is 4.39 Å². The van der Waals surface area contributed by atoms with Gasteiger partial charge in [0, 0.05) is 12.1 Å². The molecule has 1 aromatic heterocycles. The van der Waals surface area contributed by atoms with Gasteiger partial charge in [0.25, 0.3) is 5.69 Å². The maximum atomic E-state index is 13.3. The lowest BCUT2D eigenvalue weighted by atomic mass is 10.2. The number of hydrogen-bond acceptors (Lipinski definition) is 4. The first kappa shape index (κ1) is 13.4. The molecule has 0 unspecified atom stereocenters. The van der Waals surface area contributed by atoms with Crippen molar-refractivity contribution in [2.75, 3.05) is 5.32 Å². The van der Waals surface area contributed by atoms with E-state index in [2.05, 4.69) is 5.32 Å². The first-order valence-electron chi connectivity index (χ1n) is 5.40. The Morgan fingerprint density at radius 1 is 1.47 bits per heavy atom. The summed E-state index contributed by atoms with van der Waals surface area (Å²) in [5.41, 5.74) is -0.226. The summed E-state index contributed by atoms with van der Waals surface area (Å²) in [5, 5.41) is 13.3. The number of hydrogen-bond donors (Lipinski definition) is 1. The highest BCUT2D eigenvalue weighted by atomic mass is 35.5. The van der Waals surface area contributed by atoms with E-state index in [9.17, 15) is 14.5 Å². The van der Waals surface area contributed by atoms with Gasteiger partial charge in [0.1, 0.15) is 23.0 Å². The summed E-state index contributed by atoms with van der Waals surface area (Å²) in [7, 11) is 0. The van der Waals surface area contributed by atoms with Crippen molar-refractivity contribution in [3.8, 4) is 0 Å². The molecule has 2 aromatic rings. The lowest BCUT2D eigenvalue weighted by Gasteiger charge is -2.06. The van der Waals surface area contributed by atoms with Gasteiger partial charge >= 0.3 is 0 Å². The number of nitro benzene ring substituents is 1. The number of nitrogens with one attached hydrogen (secondary N) is 1. The SMILES string of the molecule is Cc1ccc(CNc2cc(F)c(Cl)cc2[N+](=O)[O-])o1. The van der Waals surface area contributed by atoms with Gasteiger partial charge in [0.2, 0.25) is 0 Å². The van der Waals surface area contributed by atoms with Gasteiger partial charge in [0.15, 0.2) is 0 Å². The molecule has 0 aliphatic rings. The predicted molar refractivity (Wildman–Crippen MR) is 68.8 cm³/mol. The highest BCUT2D eigenvalue weighted by molar-refractivity contribution is 6.31. The number of furan rings is 1. The van der Waals surface area contributed by atoms with Crippen molar-refractivity contribution in [1.82, 2.24) is 0 Å². The fraction of sp³-hybridized carbons (Fsp3) is 0.167. The normalized spacial score (nSPS) is 10.5. The van der Waals surface area contributed by atoms with Crippen LogP contribution in [-0.2, 0) is 6.54 Å². The Morgan fingerprint density at radius 2 is 2.21 bits per heavy atom. The lowest BCUT2D eigenvalue weighted by Crippen LogP contribution is -2.02. The molecule has 0 saturated heterocycles. The van der Waals surface area contributed by atoms with E-state index in [0.29, 0.717) is 5.76 Å². The number of aryl methyl sites for hydroxylation is 1. The van der Waals surface area contributed by atoms with E-state index < -0.39 is 10.7 Å². The van der Waals surface area contributed by atoms with Crippen LogP contribution in [0.25, 0.3) is 0 Å². The molecule has 5 nitrogen and oxygen atoms in total. The Kier molecular flexibility index (Phi) is 3.71. The van der Waals surface area contributed by atoms with E-state index in [1.165, 1.54) is 0 Å². The summed E-state index contributed by atoms with van der Waals surface area (Å²) in [6.07, 6.45) is 0. The standard InChI is InChI=1S/C12H10ClFN2O3/c1-7-2-3-8(19-7)6-15-11-5-10(14)9(13)4-12(11)16(17)18/h2-5,15H,6H2,1H3. The summed E-state index contributed by atoms with van der Waals surface area (Å²) in [6.45, 7) is 2.00. The number of anilines is 1. The topological polar surface area (TPSA) is 68.3 Å². The van der Waals surface area contributed by atoms with Crippen molar-refractivity contribution in [3.05, 3.63) is 56.7 Å². The van der Waals surface area contributed by atoms with Crippen molar-refractivity contribution in [1.29, 1.82) is 0 Å². The third-order valence-electron chi connectivity index (χ3n) is 2.48. The molecule has 0 aliphatic carbocycles. The number of halogens is 2. The highest BCUT2D eigenvalue weighted by Crippen LogP contribution is 2.30. The molecule has 0 fully saturated rings. The first-order valence-corrected chi connectivity index (χ1v) is 5.78. The number of nitro groups is 1. The summed E-state index contributed by atoms with van der Waals surface area (Å²) in [4.78, 5) is 10.2. The molecule has 0 spiro atoms. The van der Waals surface area contributed by atoms with E-state index in [4.69, 9.17) is 16.0 Å². The highest BCUT2D eigenvalue weighted by Gasteiger charge is 2.17. The maximum absolute atomic E-state index is 13.3. The van der Waals surface area contributed by atoms with Crippen LogP contribution in [-0.4, -0.2) is 4.92 Å². The maximum Gasteiger partial charge on any atom is 0.294 e. The van der Waals surface area contributed by atoms with E-state index in [1.54, 1.807) is 19.1 Å². The molecular weight excluding hydrogens is 275 g/mol. The van der Waals surface area contributed by atoms with Crippen LogP contribution in [0.4, 0.5) is 15.8 Å². The largest absolute Gasteiger partial charge is 0.465 e. The monoisotopic (exact) mass is 284 g/mol. The molecule has 0 atom stereocenters. The molecule has 1 aromatic carbocycles. The Labute approximate surface area is 113 Å². The van der Waals surface area contributed by atoms with Gasteiger partial charge in [-0.3, -0.25) is 10.1 Å². The van der Waals surface area contributed by atoms with Gasteiger partial charge in [0.05, 0.1) is 16.5 Å². The molecule has 0 radical (unpaired) electrons. The van der Waals surface area contributed by atoms with Crippen molar-refractivity contribution in [2.45, 2.75) is 13.5 Å². The third kappa shape index (κ3) is 3.03. The van der Waals surface area contributed by atoms with E-state index in [-0.39, 0.29) is 22.9 Å². The van der Waals surface area contributed by atoms with Crippen molar-refractivity contribution >= 4 is 23.0 Å². The Hall–Kier alpha value is -2.08. The van der Waals surface area contributed by atoms with E-state index >= 15 is 0 Å². The van der Waals surface area contributed by atoms with Crippen LogP contribution >= 0.6 is 11.6 Å². The number of benzene rings is 1. The van der Waals surface area contributed by atoms with Gasteiger partial charge in [-0.2, -0.15) is 0 Å². The minimum Gasteiger partial charge on any atom is -0.465 e. The zero-order chi connectivity index (χ0) is 14.0. The van der Waals surface area contributed by atoms with E-state index in [1.807, 2.05) is 0 Å². The molecule has 0 aliphatic heterocycles. The number of nitrogens with zero attached hydrogens (tertiary/aromatic N) is 1. The van der Waals surface area contributed by atoms with Crippen LogP contribution in [0.1, 0.15) is 11.5 Å². The van der Waals surface area contributed by atoms with Crippen LogP contribution in [0, 0.1) is 22.9 Å². The molecule has 19 heavy (non-hydrogen) atoms.